The Morgan fingerprint density at radius 1 is 1.35 bits per heavy atom. The fraction of sp³-hybridized carbons (Fsp3) is 0.667. The molecule has 0 bridgehead atoms. The predicted octanol–water partition coefficient (Wildman–Crippen LogP) is 2.58. The highest BCUT2D eigenvalue weighted by Crippen LogP contribution is 2.23. The number of rotatable bonds is 2. The minimum absolute atomic E-state index is 0.186. The van der Waals surface area contributed by atoms with Gasteiger partial charge in [-0.1, -0.05) is 0 Å². The van der Waals surface area contributed by atoms with E-state index in [1.54, 1.807) is 0 Å². The Morgan fingerprint density at radius 3 is 2.95 bits per heavy atom. The Kier molecular flexibility index (Phi) is 4.17. The van der Waals surface area contributed by atoms with Gasteiger partial charge < -0.3 is 9.47 Å². The van der Waals surface area contributed by atoms with Crippen molar-refractivity contribution in [2.24, 2.45) is 0 Å². The first-order valence-corrected chi connectivity index (χ1v) is 8.37. The molecule has 20 heavy (non-hydrogen) atoms. The average Bonchev–Trinajstić information content (AvgIpc) is 2.98. The molecule has 2 fully saturated rings. The number of aryl methyl sites for hydroxylation is 1. The minimum Gasteiger partial charge on any atom is -0.343 e. The number of carbonyl (C=O) groups is 1. The van der Waals surface area contributed by atoms with Gasteiger partial charge in [0.15, 0.2) is 0 Å². The zero-order chi connectivity index (χ0) is 14.1. The number of hydrogen-bond donors (Lipinski definition) is 0. The van der Waals surface area contributed by atoms with Gasteiger partial charge in [0, 0.05) is 42.9 Å². The topological polar surface area (TPSA) is 28.5 Å². The summed E-state index contributed by atoms with van der Waals surface area (Å²) in [6, 6.07) is 2.53. The molecule has 1 aromatic heterocycles. The molecule has 1 atom stereocenters. The van der Waals surface area contributed by atoms with Crippen molar-refractivity contribution in [1.82, 2.24) is 14.4 Å². The SMILES string of the molecule is CCn1cc(Br)cc1C(=O)N1CCCN2CCC[C@H]2C1. The molecule has 2 saturated heterocycles. The van der Waals surface area contributed by atoms with E-state index in [0.717, 1.165) is 42.8 Å². The molecule has 0 aliphatic carbocycles. The van der Waals surface area contributed by atoms with Crippen molar-refractivity contribution < 1.29 is 4.79 Å². The monoisotopic (exact) mass is 339 g/mol. The van der Waals surface area contributed by atoms with Crippen LogP contribution in [0.2, 0.25) is 0 Å². The van der Waals surface area contributed by atoms with Crippen molar-refractivity contribution in [3.8, 4) is 0 Å². The van der Waals surface area contributed by atoms with Crippen molar-refractivity contribution in [2.45, 2.75) is 38.8 Å². The molecule has 0 aromatic carbocycles. The summed E-state index contributed by atoms with van der Waals surface area (Å²) in [6.45, 7) is 7.04. The van der Waals surface area contributed by atoms with E-state index in [9.17, 15) is 4.79 Å². The summed E-state index contributed by atoms with van der Waals surface area (Å²) in [5.41, 5.74) is 0.811. The molecule has 3 rings (SSSR count). The van der Waals surface area contributed by atoms with E-state index in [2.05, 4.69) is 32.7 Å². The van der Waals surface area contributed by atoms with Crippen LogP contribution < -0.4 is 0 Å². The summed E-state index contributed by atoms with van der Waals surface area (Å²) >= 11 is 3.48. The number of fused-ring (bicyclic) bond motifs is 1. The predicted molar refractivity (Wildman–Crippen MR) is 82.9 cm³/mol. The van der Waals surface area contributed by atoms with Gasteiger partial charge in [-0.15, -0.1) is 0 Å². The number of nitrogens with zero attached hydrogens (tertiary/aromatic N) is 3. The lowest BCUT2D eigenvalue weighted by Crippen LogP contribution is -2.40. The Labute approximate surface area is 128 Å². The normalized spacial score (nSPS) is 23.7. The van der Waals surface area contributed by atoms with E-state index in [1.165, 1.54) is 19.4 Å². The van der Waals surface area contributed by atoms with Crippen LogP contribution in [-0.2, 0) is 6.54 Å². The summed E-state index contributed by atoms with van der Waals surface area (Å²) in [6.07, 6.45) is 5.61. The molecule has 1 amide bonds. The fourth-order valence-corrected chi connectivity index (χ4v) is 3.93. The highest BCUT2D eigenvalue weighted by atomic mass is 79.9. The van der Waals surface area contributed by atoms with Crippen LogP contribution in [-0.4, -0.2) is 52.5 Å². The molecule has 110 valence electrons. The van der Waals surface area contributed by atoms with Gasteiger partial charge in [-0.3, -0.25) is 9.69 Å². The van der Waals surface area contributed by atoms with Crippen LogP contribution in [0.15, 0.2) is 16.7 Å². The maximum atomic E-state index is 12.8. The van der Waals surface area contributed by atoms with Crippen LogP contribution in [0, 0.1) is 0 Å². The Balaban J connectivity index is 1.78. The summed E-state index contributed by atoms with van der Waals surface area (Å²) in [4.78, 5) is 17.4. The minimum atomic E-state index is 0.186. The van der Waals surface area contributed by atoms with Gasteiger partial charge in [-0.05, 0) is 54.7 Å². The number of halogens is 1. The molecule has 0 spiro atoms. The second-order valence-corrected chi connectivity index (χ2v) is 6.68. The zero-order valence-electron chi connectivity index (χ0n) is 12.0. The fourth-order valence-electron chi connectivity index (χ4n) is 3.47. The third-order valence-corrected chi connectivity index (χ3v) is 4.95. The van der Waals surface area contributed by atoms with Gasteiger partial charge >= 0.3 is 0 Å². The van der Waals surface area contributed by atoms with Crippen LogP contribution in [0.4, 0.5) is 0 Å². The molecule has 0 N–H and O–H groups in total. The smallest absolute Gasteiger partial charge is 0.270 e. The molecular weight excluding hydrogens is 318 g/mol. The third-order valence-electron chi connectivity index (χ3n) is 4.51. The molecule has 5 heteroatoms. The summed E-state index contributed by atoms with van der Waals surface area (Å²) in [5, 5.41) is 0. The second-order valence-electron chi connectivity index (χ2n) is 5.77. The first kappa shape index (κ1) is 14.1. The third kappa shape index (κ3) is 2.66. The lowest BCUT2D eigenvalue weighted by molar-refractivity contribution is 0.0732. The van der Waals surface area contributed by atoms with Crippen LogP contribution in [0.25, 0.3) is 0 Å². The van der Waals surface area contributed by atoms with Crippen molar-refractivity contribution in [1.29, 1.82) is 0 Å². The van der Waals surface area contributed by atoms with E-state index in [0.29, 0.717) is 6.04 Å². The Hall–Kier alpha value is -0.810. The lowest BCUT2D eigenvalue weighted by Gasteiger charge is -2.26. The maximum Gasteiger partial charge on any atom is 0.270 e. The standard InChI is InChI=1S/C15H22BrN3O/c1-2-17-10-12(16)9-14(17)15(20)19-8-4-7-18-6-3-5-13(18)11-19/h9-10,13H,2-8,11H2,1H3/t13-/m0/s1. The van der Waals surface area contributed by atoms with E-state index >= 15 is 0 Å². The first-order valence-electron chi connectivity index (χ1n) is 7.58. The number of amides is 1. The molecule has 0 radical (unpaired) electrons. The van der Waals surface area contributed by atoms with Gasteiger partial charge in [0.25, 0.3) is 5.91 Å². The van der Waals surface area contributed by atoms with Crippen molar-refractivity contribution in [3.63, 3.8) is 0 Å². The number of aromatic nitrogens is 1. The van der Waals surface area contributed by atoms with Crippen molar-refractivity contribution >= 4 is 21.8 Å². The molecule has 2 aliphatic rings. The van der Waals surface area contributed by atoms with Crippen LogP contribution in [0.1, 0.15) is 36.7 Å². The summed E-state index contributed by atoms with van der Waals surface area (Å²) in [7, 11) is 0. The van der Waals surface area contributed by atoms with Crippen LogP contribution >= 0.6 is 15.9 Å². The van der Waals surface area contributed by atoms with E-state index in [1.807, 2.05) is 16.8 Å². The largest absolute Gasteiger partial charge is 0.343 e. The maximum absolute atomic E-state index is 12.8. The van der Waals surface area contributed by atoms with Crippen LogP contribution in [0.3, 0.4) is 0 Å². The first-order chi connectivity index (χ1) is 9.69. The molecule has 0 saturated carbocycles. The Bertz CT molecular complexity index is 499. The summed E-state index contributed by atoms with van der Waals surface area (Å²) in [5.74, 6) is 0.186. The van der Waals surface area contributed by atoms with Gasteiger partial charge in [-0.2, -0.15) is 0 Å². The number of carbonyl (C=O) groups excluding carboxylic acids is 1. The van der Waals surface area contributed by atoms with E-state index in [4.69, 9.17) is 0 Å². The highest BCUT2D eigenvalue weighted by molar-refractivity contribution is 9.10. The second kappa shape index (κ2) is 5.90. The number of hydrogen-bond acceptors (Lipinski definition) is 2. The molecule has 3 heterocycles. The molecule has 4 nitrogen and oxygen atoms in total. The molecule has 1 aromatic rings. The van der Waals surface area contributed by atoms with Gasteiger partial charge in [0.1, 0.15) is 5.69 Å². The van der Waals surface area contributed by atoms with Gasteiger partial charge in [0.05, 0.1) is 0 Å². The molecule has 2 aliphatic heterocycles. The van der Waals surface area contributed by atoms with Gasteiger partial charge in [0.2, 0.25) is 0 Å². The summed E-state index contributed by atoms with van der Waals surface area (Å²) < 4.78 is 3.02. The van der Waals surface area contributed by atoms with Crippen LogP contribution in [0.5, 0.6) is 0 Å². The van der Waals surface area contributed by atoms with E-state index < -0.39 is 0 Å². The van der Waals surface area contributed by atoms with Gasteiger partial charge in [-0.25, -0.2) is 0 Å². The lowest BCUT2D eigenvalue weighted by atomic mass is 10.2. The molecular formula is C15H22BrN3O. The van der Waals surface area contributed by atoms with Crippen molar-refractivity contribution in [3.05, 3.63) is 22.4 Å². The quantitative estimate of drug-likeness (QED) is 0.828. The van der Waals surface area contributed by atoms with Crippen molar-refractivity contribution in [2.75, 3.05) is 26.2 Å². The highest BCUT2D eigenvalue weighted by Gasteiger charge is 2.31. The zero-order valence-corrected chi connectivity index (χ0v) is 13.6. The molecule has 0 unspecified atom stereocenters. The average molecular weight is 340 g/mol. The Morgan fingerprint density at radius 2 is 2.15 bits per heavy atom. The van der Waals surface area contributed by atoms with E-state index in [-0.39, 0.29) is 5.91 Å².